The van der Waals surface area contributed by atoms with Crippen LogP contribution < -0.4 is 10.6 Å². The molecule has 0 aliphatic rings. The Bertz CT molecular complexity index is 913. The van der Waals surface area contributed by atoms with Crippen LogP contribution in [0.15, 0.2) is 28.7 Å². The molecule has 2 heterocycles. The van der Waals surface area contributed by atoms with E-state index in [9.17, 15) is 4.79 Å². The molecule has 0 spiro atoms. The van der Waals surface area contributed by atoms with Gasteiger partial charge in [-0.15, -0.1) is 11.3 Å². The second-order valence-corrected chi connectivity index (χ2v) is 6.64. The molecule has 6 nitrogen and oxygen atoms in total. The summed E-state index contributed by atoms with van der Waals surface area (Å²) in [7, 11) is 1.34. The molecule has 3 rings (SSSR count). The van der Waals surface area contributed by atoms with Crippen LogP contribution in [0.5, 0.6) is 0 Å². The van der Waals surface area contributed by atoms with Gasteiger partial charge >= 0.3 is 5.97 Å². The van der Waals surface area contributed by atoms with Crippen molar-refractivity contribution >= 4 is 50.7 Å². The van der Waals surface area contributed by atoms with Gasteiger partial charge in [0, 0.05) is 6.54 Å². The fraction of sp³-hybridized carbons (Fsp3) is 0.235. The lowest BCUT2D eigenvalue weighted by Crippen LogP contribution is -2.27. The van der Waals surface area contributed by atoms with Crippen molar-refractivity contribution in [1.82, 2.24) is 10.3 Å². The molecule has 130 valence electrons. The number of methoxy groups -OCH3 is 1. The molecule has 0 amide bonds. The van der Waals surface area contributed by atoms with Crippen LogP contribution in [0.25, 0.3) is 20.8 Å². The topological polar surface area (TPSA) is 76.4 Å². The van der Waals surface area contributed by atoms with E-state index >= 15 is 0 Å². The van der Waals surface area contributed by atoms with Crippen LogP contribution in [0.2, 0.25) is 0 Å². The number of hydrogen-bond donors (Lipinski definition) is 2. The van der Waals surface area contributed by atoms with Crippen molar-refractivity contribution in [1.29, 1.82) is 0 Å². The highest BCUT2D eigenvalue weighted by atomic mass is 32.1. The number of hydrogen-bond acceptors (Lipinski definition) is 6. The zero-order valence-corrected chi connectivity index (χ0v) is 15.6. The first-order chi connectivity index (χ1) is 12.0. The van der Waals surface area contributed by atoms with Crippen molar-refractivity contribution < 1.29 is 13.9 Å². The molecule has 3 aromatic rings. The fourth-order valence-corrected chi connectivity index (χ4v) is 3.72. The summed E-state index contributed by atoms with van der Waals surface area (Å²) in [5, 5.41) is 7.08. The Morgan fingerprint density at radius 3 is 2.84 bits per heavy atom. The van der Waals surface area contributed by atoms with Crippen molar-refractivity contribution in [3.63, 3.8) is 0 Å². The largest absolute Gasteiger partial charge is 0.465 e. The van der Waals surface area contributed by atoms with Crippen molar-refractivity contribution in [3.8, 4) is 10.6 Å². The maximum atomic E-state index is 12.3. The van der Waals surface area contributed by atoms with Crippen LogP contribution in [0.3, 0.4) is 0 Å². The average Bonchev–Trinajstić information content (AvgIpc) is 3.14. The first-order valence-electron chi connectivity index (χ1n) is 7.67. The fourth-order valence-electron chi connectivity index (χ4n) is 2.47. The number of aryl methyl sites for hydroxylation is 1. The Kier molecular flexibility index (Phi) is 5.00. The third kappa shape index (κ3) is 3.35. The molecule has 0 unspecified atom stereocenters. The quantitative estimate of drug-likeness (QED) is 0.528. The molecule has 0 aliphatic carbocycles. The first-order valence-corrected chi connectivity index (χ1v) is 8.90. The minimum absolute atomic E-state index is 0.350. The van der Waals surface area contributed by atoms with Crippen molar-refractivity contribution in [2.24, 2.45) is 0 Å². The van der Waals surface area contributed by atoms with E-state index in [2.05, 4.69) is 15.6 Å². The van der Waals surface area contributed by atoms with Crippen molar-refractivity contribution in [3.05, 3.63) is 35.6 Å². The minimum Gasteiger partial charge on any atom is -0.465 e. The van der Waals surface area contributed by atoms with E-state index in [0.29, 0.717) is 39.4 Å². The predicted molar refractivity (Wildman–Crippen MR) is 103 cm³/mol. The summed E-state index contributed by atoms with van der Waals surface area (Å²) >= 11 is 6.72. The molecule has 25 heavy (non-hydrogen) atoms. The molecular weight excluding hydrogens is 358 g/mol. The minimum atomic E-state index is -0.474. The second-order valence-electron chi connectivity index (χ2n) is 5.20. The van der Waals surface area contributed by atoms with E-state index in [0.717, 1.165) is 10.2 Å². The van der Waals surface area contributed by atoms with Gasteiger partial charge < -0.3 is 19.8 Å². The van der Waals surface area contributed by atoms with Gasteiger partial charge in [0.15, 0.2) is 5.11 Å². The highest BCUT2D eigenvalue weighted by molar-refractivity contribution is 7.80. The zero-order valence-electron chi connectivity index (χ0n) is 14.0. The second kappa shape index (κ2) is 7.20. The number of carbonyl (C=O) groups is 1. The first kappa shape index (κ1) is 17.4. The number of nitrogens with zero attached hydrogens (tertiary/aromatic N) is 1. The van der Waals surface area contributed by atoms with E-state index < -0.39 is 5.97 Å². The number of aromatic nitrogens is 1. The number of thiazole rings is 1. The monoisotopic (exact) mass is 375 g/mol. The smallest absolute Gasteiger partial charge is 0.342 e. The lowest BCUT2D eigenvalue weighted by atomic mass is 10.1. The highest BCUT2D eigenvalue weighted by Gasteiger charge is 2.28. The van der Waals surface area contributed by atoms with Gasteiger partial charge in [0.25, 0.3) is 0 Å². The van der Waals surface area contributed by atoms with Gasteiger partial charge in [-0.25, -0.2) is 9.78 Å². The Hall–Kier alpha value is -2.45. The summed E-state index contributed by atoms with van der Waals surface area (Å²) in [5.41, 5.74) is 1.77. The molecule has 0 radical (unpaired) electrons. The molecule has 0 bridgehead atoms. The van der Waals surface area contributed by atoms with Crippen LogP contribution in [0, 0.1) is 6.92 Å². The molecule has 0 saturated carbocycles. The van der Waals surface area contributed by atoms with Crippen molar-refractivity contribution in [2.45, 2.75) is 13.8 Å². The van der Waals surface area contributed by atoms with Gasteiger partial charge in [0.1, 0.15) is 16.3 Å². The number of furan rings is 1. The van der Waals surface area contributed by atoms with Crippen LogP contribution in [-0.2, 0) is 4.74 Å². The molecule has 1 aromatic carbocycles. The number of fused-ring (bicyclic) bond motifs is 1. The molecule has 0 fully saturated rings. The molecule has 2 aromatic heterocycles. The summed E-state index contributed by atoms with van der Waals surface area (Å²) in [6.45, 7) is 4.33. The molecule has 8 heteroatoms. The van der Waals surface area contributed by atoms with Crippen LogP contribution >= 0.6 is 23.6 Å². The number of thiocarbonyl (C=S) groups is 1. The van der Waals surface area contributed by atoms with Crippen molar-refractivity contribution in [2.75, 3.05) is 19.0 Å². The average molecular weight is 375 g/mol. The summed E-state index contributed by atoms with van der Waals surface area (Å²) < 4.78 is 11.7. The molecule has 2 N–H and O–H groups in total. The third-order valence-electron chi connectivity index (χ3n) is 3.55. The van der Waals surface area contributed by atoms with Gasteiger partial charge in [-0.05, 0) is 38.2 Å². The third-order valence-corrected chi connectivity index (χ3v) is 4.85. The number of benzene rings is 1. The normalized spacial score (nSPS) is 10.7. The van der Waals surface area contributed by atoms with E-state index in [-0.39, 0.29) is 0 Å². The Morgan fingerprint density at radius 1 is 1.40 bits per heavy atom. The maximum absolute atomic E-state index is 12.3. The van der Waals surface area contributed by atoms with E-state index in [1.807, 2.05) is 31.2 Å². The SMILES string of the molecule is CCNC(=S)Nc1oc(C)c(C(=O)OC)c1-c1nc2ccccc2s1. The zero-order chi connectivity index (χ0) is 18.0. The molecule has 0 aliphatic heterocycles. The van der Waals surface area contributed by atoms with Crippen LogP contribution in [0.1, 0.15) is 23.0 Å². The number of esters is 1. The Labute approximate surface area is 154 Å². The van der Waals surface area contributed by atoms with Gasteiger partial charge in [0.05, 0.1) is 22.9 Å². The lowest BCUT2D eigenvalue weighted by Gasteiger charge is -2.07. The summed E-state index contributed by atoms with van der Waals surface area (Å²) in [6, 6.07) is 7.78. The van der Waals surface area contributed by atoms with Gasteiger partial charge in [-0.3, -0.25) is 0 Å². The Balaban J connectivity index is 2.16. The molecule has 0 saturated heterocycles. The number of para-hydroxylation sites is 1. The maximum Gasteiger partial charge on any atom is 0.342 e. The van der Waals surface area contributed by atoms with Gasteiger partial charge in [-0.2, -0.15) is 0 Å². The van der Waals surface area contributed by atoms with Gasteiger partial charge in [0.2, 0.25) is 5.88 Å². The molecule has 0 atom stereocenters. The summed E-state index contributed by atoms with van der Waals surface area (Å²) in [5.74, 6) is 0.351. The standard InChI is InChI=1S/C17H17N3O3S2/c1-4-18-17(24)20-14-13(12(9(2)23-14)16(21)22-3)15-19-10-7-5-6-8-11(10)25-15/h5-8H,4H2,1-3H3,(H2,18,20,24). The van der Waals surface area contributed by atoms with E-state index in [4.69, 9.17) is 21.4 Å². The summed E-state index contributed by atoms with van der Waals surface area (Å²) in [6.07, 6.45) is 0. The highest BCUT2D eigenvalue weighted by Crippen LogP contribution is 2.40. The predicted octanol–water partition coefficient (Wildman–Crippen LogP) is 3.96. The number of ether oxygens (including phenoxy) is 1. The number of rotatable bonds is 4. The van der Waals surface area contributed by atoms with E-state index in [1.165, 1.54) is 18.4 Å². The van der Waals surface area contributed by atoms with Gasteiger partial charge in [-0.1, -0.05) is 12.1 Å². The summed E-state index contributed by atoms with van der Waals surface area (Å²) in [4.78, 5) is 16.9. The number of carbonyl (C=O) groups excluding carboxylic acids is 1. The van der Waals surface area contributed by atoms with Crippen LogP contribution in [0.4, 0.5) is 5.88 Å². The van der Waals surface area contributed by atoms with Crippen LogP contribution in [-0.4, -0.2) is 29.7 Å². The number of nitrogens with one attached hydrogen (secondary N) is 2. The molecular formula is C17H17N3O3S2. The number of anilines is 1. The Morgan fingerprint density at radius 2 is 2.16 bits per heavy atom. The van der Waals surface area contributed by atoms with E-state index in [1.54, 1.807) is 6.92 Å². The lowest BCUT2D eigenvalue weighted by molar-refractivity contribution is 0.0599.